The van der Waals surface area contributed by atoms with Gasteiger partial charge in [0, 0.05) is 11.2 Å². The van der Waals surface area contributed by atoms with Gasteiger partial charge in [-0.05, 0) is 0 Å². The van der Waals surface area contributed by atoms with Gasteiger partial charge in [0.1, 0.15) is 0 Å². The maximum atomic E-state index is 10.9. The molecule has 0 aliphatic heterocycles. The molecular formula is C7H14O4S2. The third kappa shape index (κ3) is 5.81. The van der Waals surface area contributed by atoms with Gasteiger partial charge in [0.15, 0.2) is 19.7 Å². The van der Waals surface area contributed by atoms with Crippen LogP contribution in [0.4, 0.5) is 0 Å². The van der Waals surface area contributed by atoms with Gasteiger partial charge in [0.25, 0.3) is 0 Å². The van der Waals surface area contributed by atoms with E-state index in [1.807, 2.05) is 0 Å². The zero-order chi connectivity index (χ0) is 10.5. The van der Waals surface area contributed by atoms with Gasteiger partial charge in [-0.25, -0.2) is 16.8 Å². The topological polar surface area (TPSA) is 68.3 Å². The Bertz CT molecular complexity index is 361. The first-order valence-corrected chi connectivity index (χ1v) is 7.46. The highest BCUT2D eigenvalue weighted by molar-refractivity contribution is 7.94. The summed E-state index contributed by atoms with van der Waals surface area (Å²) in [7, 11) is -6.30. The number of hydrogen-bond donors (Lipinski definition) is 0. The van der Waals surface area contributed by atoms with Crippen LogP contribution in [-0.2, 0) is 19.7 Å². The van der Waals surface area contributed by atoms with Crippen molar-refractivity contribution in [3.8, 4) is 0 Å². The fourth-order valence-electron chi connectivity index (χ4n) is 0.547. The molecular weight excluding hydrogens is 212 g/mol. The predicted molar refractivity (Wildman–Crippen MR) is 52.9 cm³/mol. The minimum Gasteiger partial charge on any atom is -0.229 e. The molecule has 0 unspecified atom stereocenters. The van der Waals surface area contributed by atoms with Crippen LogP contribution in [0.1, 0.15) is 13.8 Å². The zero-order valence-corrected chi connectivity index (χ0v) is 9.36. The Morgan fingerprint density at radius 3 is 1.92 bits per heavy atom. The quantitative estimate of drug-likeness (QED) is 0.679. The summed E-state index contributed by atoms with van der Waals surface area (Å²) in [4.78, 5) is 0. The second kappa shape index (κ2) is 4.76. The summed E-state index contributed by atoms with van der Waals surface area (Å²) in [6.45, 7) is 3.03. The molecule has 0 fully saturated rings. The standard InChI is InChI=1S/C7H14O4S2/c1-3-12(8,9)6-5-7-13(10,11)4-2/h5-6H,3-4,7H2,1-2H3. The predicted octanol–water partition coefficient (Wildman–Crippen LogP) is 0.369. The van der Waals surface area contributed by atoms with E-state index in [1.165, 1.54) is 19.9 Å². The molecule has 78 valence electrons. The van der Waals surface area contributed by atoms with E-state index >= 15 is 0 Å². The number of rotatable bonds is 5. The summed E-state index contributed by atoms with van der Waals surface area (Å²) >= 11 is 0. The maximum absolute atomic E-state index is 10.9. The Labute approximate surface area is 79.5 Å². The van der Waals surface area contributed by atoms with Crippen LogP contribution in [-0.4, -0.2) is 34.1 Å². The average molecular weight is 226 g/mol. The smallest absolute Gasteiger partial charge is 0.171 e. The molecule has 0 saturated heterocycles. The summed E-state index contributed by atoms with van der Waals surface area (Å²) in [5.74, 6) is -0.179. The van der Waals surface area contributed by atoms with E-state index in [-0.39, 0.29) is 17.3 Å². The number of sulfone groups is 2. The molecule has 0 spiro atoms. The molecule has 0 N–H and O–H groups in total. The third-order valence-corrected chi connectivity index (χ3v) is 4.49. The molecule has 0 aromatic carbocycles. The van der Waals surface area contributed by atoms with Gasteiger partial charge in [-0.1, -0.05) is 19.9 Å². The van der Waals surface area contributed by atoms with Gasteiger partial charge in [0.2, 0.25) is 0 Å². The number of hydrogen-bond acceptors (Lipinski definition) is 4. The SMILES string of the molecule is CCS(=O)(=O)C=CCS(=O)(=O)CC. The molecule has 4 nitrogen and oxygen atoms in total. The lowest BCUT2D eigenvalue weighted by atomic mass is 10.8. The van der Waals surface area contributed by atoms with Gasteiger partial charge < -0.3 is 0 Å². The second-order valence-corrected chi connectivity index (χ2v) is 7.10. The Balaban J connectivity index is 4.36. The van der Waals surface area contributed by atoms with Crippen molar-refractivity contribution >= 4 is 19.7 Å². The Morgan fingerprint density at radius 2 is 1.54 bits per heavy atom. The van der Waals surface area contributed by atoms with E-state index in [4.69, 9.17) is 0 Å². The van der Waals surface area contributed by atoms with Crippen LogP contribution >= 0.6 is 0 Å². The summed E-state index contributed by atoms with van der Waals surface area (Å²) < 4.78 is 43.6. The molecule has 0 aromatic rings. The summed E-state index contributed by atoms with van der Waals surface area (Å²) in [6.07, 6.45) is 1.18. The molecule has 0 aliphatic carbocycles. The molecule has 0 aromatic heterocycles. The molecule has 0 amide bonds. The highest BCUT2D eigenvalue weighted by Crippen LogP contribution is 1.95. The van der Waals surface area contributed by atoms with Crippen molar-refractivity contribution in [3.63, 3.8) is 0 Å². The van der Waals surface area contributed by atoms with Gasteiger partial charge >= 0.3 is 0 Å². The lowest BCUT2D eigenvalue weighted by Gasteiger charge is -1.94. The normalized spacial score (nSPS) is 13.7. The van der Waals surface area contributed by atoms with Crippen molar-refractivity contribution in [2.45, 2.75) is 13.8 Å². The fraction of sp³-hybridized carbons (Fsp3) is 0.714. The van der Waals surface area contributed by atoms with Crippen molar-refractivity contribution in [3.05, 3.63) is 11.5 Å². The molecule has 0 bridgehead atoms. The van der Waals surface area contributed by atoms with Crippen LogP contribution < -0.4 is 0 Å². The van der Waals surface area contributed by atoms with Gasteiger partial charge in [-0.15, -0.1) is 0 Å². The first-order valence-electron chi connectivity index (χ1n) is 3.92. The van der Waals surface area contributed by atoms with E-state index in [2.05, 4.69) is 0 Å². The van der Waals surface area contributed by atoms with Crippen LogP contribution in [0.25, 0.3) is 0 Å². The van der Waals surface area contributed by atoms with E-state index in [9.17, 15) is 16.8 Å². The summed E-state index contributed by atoms with van der Waals surface area (Å²) in [5.41, 5.74) is 0. The molecule has 13 heavy (non-hydrogen) atoms. The van der Waals surface area contributed by atoms with Crippen LogP contribution in [0.3, 0.4) is 0 Å². The van der Waals surface area contributed by atoms with Gasteiger partial charge in [-0.2, -0.15) is 0 Å². The summed E-state index contributed by atoms with van der Waals surface area (Å²) in [5, 5.41) is 0.959. The molecule has 0 heterocycles. The van der Waals surface area contributed by atoms with Gasteiger partial charge in [-0.3, -0.25) is 0 Å². The van der Waals surface area contributed by atoms with E-state index in [1.54, 1.807) is 0 Å². The highest BCUT2D eigenvalue weighted by atomic mass is 32.2. The van der Waals surface area contributed by atoms with E-state index in [0.717, 1.165) is 5.41 Å². The van der Waals surface area contributed by atoms with Crippen LogP contribution in [0.5, 0.6) is 0 Å². The zero-order valence-electron chi connectivity index (χ0n) is 7.73. The van der Waals surface area contributed by atoms with Crippen molar-refractivity contribution in [2.24, 2.45) is 0 Å². The van der Waals surface area contributed by atoms with Crippen LogP contribution in [0.2, 0.25) is 0 Å². The highest BCUT2D eigenvalue weighted by Gasteiger charge is 2.05. The lowest BCUT2D eigenvalue weighted by Crippen LogP contribution is -2.07. The van der Waals surface area contributed by atoms with Crippen LogP contribution in [0.15, 0.2) is 11.5 Å². The first kappa shape index (κ1) is 12.6. The van der Waals surface area contributed by atoms with E-state index < -0.39 is 19.7 Å². The minimum absolute atomic E-state index is 0.00429. The third-order valence-electron chi connectivity index (χ3n) is 1.50. The molecule has 0 aliphatic rings. The molecule has 6 heteroatoms. The Morgan fingerprint density at radius 1 is 1.00 bits per heavy atom. The van der Waals surface area contributed by atoms with Crippen molar-refractivity contribution < 1.29 is 16.8 Å². The maximum Gasteiger partial charge on any atom is 0.171 e. The Kier molecular flexibility index (Phi) is 4.63. The molecule has 0 atom stereocenters. The summed E-state index contributed by atoms with van der Waals surface area (Å²) in [6, 6.07) is 0. The van der Waals surface area contributed by atoms with Crippen molar-refractivity contribution in [1.29, 1.82) is 0 Å². The Hall–Kier alpha value is -0.360. The molecule has 0 radical (unpaired) electrons. The first-order chi connectivity index (χ1) is 5.83. The molecule has 0 rings (SSSR count). The minimum atomic E-state index is -3.20. The fourth-order valence-corrected chi connectivity index (χ4v) is 1.88. The lowest BCUT2D eigenvalue weighted by molar-refractivity contribution is 0.600. The van der Waals surface area contributed by atoms with Crippen molar-refractivity contribution in [1.82, 2.24) is 0 Å². The van der Waals surface area contributed by atoms with E-state index in [0.29, 0.717) is 0 Å². The van der Waals surface area contributed by atoms with Crippen molar-refractivity contribution in [2.75, 3.05) is 17.3 Å². The van der Waals surface area contributed by atoms with Crippen LogP contribution in [0, 0.1) is 0 Å². The average Bonchev–Trinajstić information content (AvgIpc) is 2.04. The molecule has 0 saturated carbocycles. The largest absolute Gasteiger partial charge is 0.229 e. The van der Waals surface area contributed by atoms with Gasteiger partial charge in [0.05, 0.1) is 11.5 Å². The monoisotopic (exact) mass is 226 g/mol. The second-order valence-electron chi connectivity index (χ2n) is 2.52.